The zero-order chi connectivity index (χ0) is 19.9. The van der Waals surface area contributed by atoms with Gasteiger partial charge in [0.2, 0.25) is 0 Å². The van der Waals surface area contributed by atoms with Crippen molar-refractivity contribution in [2.45, 2.75) is 0 Å². The molecule has 0 aliphatic rings. The first-order chi connectivity index (χ1) is 14.9. The van der Waals surface area contributed by atoms with Crippen molar-refractivity contribution in [3.8, 4) is 52.9 Å². The molecule has 6 heteroatoms. The average Bonchev–Trinajstić information content (AvgIpc) is 3.60. The van der Waals surface area contributed by atoms with Gasteiger partial charge in [0.05, 0.1) is 19.5 Å². The van der Waals surface area contributed by atoms with E-state index in [4.69, 9.17) is 0 Å². The van der Waals surface area contributed by atoms with E-state index in [1.54, 1.807) is 22.7 Å². The van der Waals surface area contributed by atoms with Gasteiger partial charge in [0.15, 0.2) is 0 Å². The molecule has 0 nitrogen and oxygen atoms in total. The van der Waals surface area contributed by atoms with Gasteiger partial charge in [-0.05, 0) is 90.6 Å². The Morgan fingerprint density at radius 3 is 1.10 bits per heavy atom. The first-order valence-corrected chi connectivity index (χ1v) is 14.7. The summed E-state index contributed by atoms with van der Waals surface area (Å²) in [5, 5.41) is 17.7. The van der Waals surface area contributed by atoms with Crippen LogP contribution < -0.4 is 0 Å². The molecule has 0 saturated carbocycles. The van der Waals surface area contributed by atoms with Crippen molar-refractivity contribution in [2.24, 2.45) is 0 Å². The van der Waals surface area contributed by atoms with E-state index < -0.39 is 0 Å². The quantitative estimate of drug-likeness (QED) is 0.223. The van der Waals surface area contributed by atoms with Gasteiger partial charge in [-0.15, -0.1) is 45.3 Å². The van der Waals surface area contributed by atoms with Crippen molar-refractivity contribution in [3.63, 3.8) is 0 Å². The van der Waals surface area contributed by atoms with Crippen molar-refractivity contribution in [1.29, 1.82) is 0 Å². The minimum absolute atomic E-state index is 1.32. The Labute approximate surface area is 199 Å². The highest BCUT2D eigenvalue weighted by atomic mass is 32.1. The van der Waals surface area contributed by atoms with Crippen LogP contribution in [0.4, 0.5) is 0 Å². The number of thiophene rings is 6. The second-order valence-corrected chi connectivity index (χ2v) is 11.9. The van der Waals surface area contributed by atoms with Gasteiger partial charge < -0.3 is 0 Å². The third-order valence-corrected chi connectivity index (χ3v) is 10.4. The number of rotatable bonds is 5. The molecule has 0 bridgehead atoms. The van der Waals surface area contributed by atoms with Crippen molar-refractivity contribution >= 4 is 68.0 Å². The average molecular weight is 495 g/mol. The van der Waals surface area contributed by atoms with Crippen LogP contribution in [0.5, 0.6) is 0 Å². The lowest BCUT2D eigenvalue weighted by molar-refractivity contribution is 1.77. The fourth-order valence-electron chi connectivity index (χ4n) is 3.65. The van der Waals surface area contributed by atoms with Crippen LogP contribution in [0.25, 0.3) is 52.9 Å². The topological polar surface area (TPSA) is 0 Å². The van der Waals surface area contributed by atoms with Crippen LogP contribution >= 0.6 is 68.0 Å². The van der Waals surface area contributed by atoms with Gasteiger partial charge in [0, 0.05) is 22.3 Å². The monoisotopic (exact) mass is 494 g/mol. The van der Waals surface area contributed by atoms with Crippen LogP contribution in [0.1, 0.15) is 0 Å². The Morgan fingerprint density at radius 2 is 0.733 bits per heavy atom. The Morgan fingerprint density at radius 1 is 0.367 bits per heavy atom. The number of hydrogen-bond donors (Lipinski definition) is 0. The summed E-state index contributed by atoms with van der Waals surface area (Å²) < 4.78 is 0. The predicted octanol–water partition coefficient (Wildman–Crippen LogP) is 10.4. The van der Waals surface area contributed by atoms with Gasteiger partial charge in [-0.1, -0.05) is 0 Å². The van der Waals surface area contributed by atoms with Crippen LogP contribution in [0, 0.1) is 0 Å². The van der Waals surface area contributed by atoms with Crippen molar-refractivity contribution < 1.29 is 0 Å². The molecule has 0 aliphatic carbocycles. The third kappa shape index (κ3) is 3.19. The third-order valence-electron chi connectivity index (χ3n) is 5.03. The van der Waals surface area contributed by atoms with E-state index in [0.29, 0.717) is 0 Å². The molecule has 0 fully saturated rings. The molecule has 0 radical (unpaired) electrons. The molecule has 6 rings (SSSR count). The Bertz CT molecular complexity index is 1280. The maximum absolute atomic E-state index is 2.29. The maximum atomic E-state index is 2.29. The zero-order valence-electron chi connectivity index (χ0n) is 15.5. The number of hydrogen-bond acceptors (Lipinski definition) is 6. The van der Waals surface area contributed by atoms with Crippen LogP contribution in [0.2, 0.25) is 0 Å². The summed E-state index contributed by atoms with van der Waals surface area (Å²) in [5.41, 5.74) is 8.02. The van der Waals surface area contributed by atoms with E-state index in [1.165, 1.54) is 52.9 Å². The molecule has 0 spiro atoms. The van der Waals surface area contributed by atoms with Crippen LogP contribution in [-0.2, 0) is 0 Å². The second kappa shape index (κ2) is 8.04. The summed E-state index contributed by atoms with van der Waals surface area (Å²) in [6.07, 6.45) is 0. The molecule has 0 aliphatic heterocycles. The smallest absolute Gasteiger partial charge is 0.0527 e. The van der Waals surface area contributed by atoms with Gasteiger partial charge in [0.25, 0.3) is 0 Å². The van der Waals surface area contributed by atoms with Gasteiger partial charge in [-0.2, -0.15) is 22.7 Å². The standard InChI is InChI=1S/C24H14S6/c1-7-25-13-15(1)17-3-9-27-21(17)23-19(5-11-29-23)20-6-12-30-24(20)22-18(4-10-28-22)16-2-8-26-14-16/h1-14H. The minimum atomic E-state index is 1.32. The van der Waals surface area contributed by atoms with Gasteiger partial charge in [-0.3, -0.25) is 0 Å². The minimum Gasteiger partial charge on any atom is -0.152 e. The first-order valence-electron chi connectivity index (χ1n) is 9.26. The normalized spacial score (nSPS) is 11.3. The molecule has 0 atom stereocenters. The summed E-state index contributed by atoms with van der Waals surface area (Å²) in [7, 11) is 0. The summed E-state index contributed by atoms with van der Waals surface area (Å²) >= 11 is 10.9. The summed E-state index contributed by atoms with van der Waals surface area (Å²) in [5.74, 6) is 0. The highest BCUT2D eigenvalue weighted by Gasteiger charge is 2.21. The fourth-order valence-corrected chi connectivity index (χ4v) is 9.01. The molecule has 0 N–H and O–H groups in total. The van der Waals surface area contributed by atoms with Crippen molar-refractivity contribution in [1.82, 2.24) is 0 Å². The molecule has 6 aromatic rings. The Kier molecular flexibility index (Phi) is 5.07. The lowest BCUT2D eigenvalue weighted by Crippen LogP contribution is -1.81. The molecule has 6 aromatic heterocycles. The highest BCUT2D eigenvalue weighted by Crippen LogP contribution is 2.50. The lowest BCUT2D eigenvalue weighted by atomic mass is 10.0. The molecule has 0 unspecified atom stereocenters. The van der Waals surface area contributed by atoms with E-state index in [9.17, 15) is 0 Å². The largest absolute Gasteiger partial charge is 0.152 e. The summed E-state index contributed by atoms with van der Waals surface area (Å²) in [4.78, 5) is 5.50. The highest BCUT2D eigenvalue weighted by molar-refractivity contribution is 7.22. The van der Waals surface area contributed by atoms with Gasteiger partial charge in [0.1, 0.15) is 0 Å². The van der Waals surface area contributed by atoms with Crippen LogP contribution in [0.3, 0.4) is 0 Å². The van der Waals surface area contributed by atoms with E-state index in [1.807, 2.05) is 45.3 Å². The SMILES string of the molecule is c1cc(-c2ccsc2-c2sccc2-c2ccsc2-c2sccc2-c2ccsc2)cs1. The van der Waals surface area contributed by atoms with Crippen LogP contribution in [0.15, 0.2) is 79.4 Å². The van der Waals surface area contributed by atoms with E-state index in [2.05, 4.69) is 79.4 Å². The molecule has 0 amide bonds. The van der Waals surface area contributed by atoms with Crippen molar-refractivity contribution in [2.75, 3.05) is 0 Å². The summed E-state index contributed by atoms with van der Waals surface area (Å²) in [6.45, 7) is 0. The predicted molar refractivity (Wildman–Crippen MR) is 141 cm³/mol. The molecular formula is C24H14S6. The molecule has 146 valence electrons. The van der Waals surface area contributed by atoms with Gasteiger partial charge in [-0.25, -0.2) is 0 Å². The Balaban J connectivity index is 1.49. The molecular weight excluding hydrogens is 481 g/mol. The first kappa shape index (κ1) is 18.9. The molecule has 0 saturated heterocycles. The Hall–Kier alpha value is -1.80. The fraction of sp³-hybridized carbons (Fsp3) is 0. The lowest BCUT2D eigenvalue weighted by Gasteiger charge is -2.08. The molecule has 0 aromatic carbocycles. The molecule has 6 heterocycles. The van der Waals surface area contributed by atoms with E-state index in [0.717, 1.165) is 0 Å². The van der Waals surface area contributed by atoms with Crippen LogP contribution in [-0.4, -0.2) is 0 Å². The van der Waals surface area contributed by atoms with E-state index in [-0.39, 0.29) is 0 Å². The van der Waals surface area contributed by atoms with Crippen molar-refractivity contribution in [3.05, 3.63) is 79.4 Å². The zero-order valence-corrected chi connectivity index (χ0v) is 20.4. The van der Waals surface area contributed by atoms with Gasteiger partial charge >= 0.3 is 0 Å². The second-order valence-electron chi connectivity index (χ2n) is 6.68. The maximum Gasteiger partial charge on any atom is 0.0527 e. The summed E-state index contributed by atoms with van der Waals surface area (Å²) in [6, 6.07) is 13.5. The molecule has 30 heavy (non-hydrogen) atoms. The van der Waals surface area contributed by atoms with E-state index >= 15 is 0 Å².